The van der Waals surface area contributed by atoms with E-state index in [0.29, 0.717) is 16.7 Å². The molecule has 8 heteroatoms. The summed E-state index contributed by atoms with van der Waals surface area (Å²) in [5.41, 5.74) is 4.81. The Kier molecular flexibility index (Phi) is 7.75. The lowest BCUT2D eigenvalue weighted by molar-refractivity contribution is 0.127. The van der Waals surface area contributed by atoms with Gasteiger partial charge >= 0.3 is 0 Å². The lowest BCUT2D eigenvalue weighted by Gasteiger charge is -2.33. The van der Waals surface area contributed by atoms with Gasteiger partial charge in [-0.05, 0) is 89.3 Å². The molecule has 35 heavy (non-hydrogen) atoms. The first-order valence-corrected chi connectivity index (χ1v) is 13.4. The maximum Gasteiger partial charge on any atom is 0.180 e. The molecular weight excluding hydrogens is 460 g/mol. The summed E-state index contributed by atoms with van der Waals surface area (Å²) in [6, 6.07) is 9.13. The van der Waals surface area contributed by atoms with E-state index in [-0.39, 0.29) is 0 Å². The second-order valence-electron chi connectivity index (χ2n) is 9.95. The molecule has 0 aliphatic carbocycles. The summed E-state index contributed by atoms with van der Waals surface area (Å²) in [7, 11) is 2.17. The number of imidazole rings is 1. The number of benzene rings is 1. The summed E-state index contributed by atoms with van der Waals surface area (Å²) < 4.78 is 5.54. The van der Waals surface area contributed by atoms with Crippen LogP contribution in [0.3, 0.4) is 0 Å². The van der Waals surface area contributed by atoms with Crippen molar-refractivity contribution >= 4 is 34.1 Å². The van der Waals surface area contributed by atoms with Crippen molar-refractivity contribution in [3.05, 3.63) is 35.5 Å². The van der Waals surface area contributed by atoms with E-state index in [9.17, 15) is 0 Å². The first-order chi connectivity index (χ1) is 17.1. The average molecular weight is 497 g/mol. The fourth-order valence-electron chi connectivity index (χ4n) is 5.27. The first kappa shape index (κ1) is 24.3. The molecule has 4 heterocycles. The van der Waals surface area contributed by atoms with Crippen LogP contribution in [0.1, 0.15) is 39.0 Å². The van der Waals surface area contributed by atoms with E-state index in [1.54, 1.807) is 6.20 Å². The van der Waals surface area contributed by atoms with E-state index in [2.05, 4.69) is 63.3 Å². The number of aromatic amines is 1. The molecule has 7 nitrogen and oxygen atoms in total. The predicted octanol–water partition coefficient (Wildman–Crippen LogP) is 5.43. The SMILES string of the molecule is CCOCCC1CCN(c2ccc(-c3nc4ncc(Cl)c(NC5CCN(C)CC5)c4[nH]3)cc2)CC1. The van der Waals surface area contributed by atoms with Crippen molar-refractivity contribution in [2.75, 3.05) is 56.7 Å². The van der Waals surface area contributed by atoms with Crippen LogP contribution in [0.4, 0.5) is 11.4 Å². The van der Waals surface area contributed by atoms with E-state index in [4.69, 9.17) is 21.3 Å². The summed E-state index contributed by atoms with van der Waals surface area (Å²) in [4.78, 5) is 17.6. The minimum Gasteiger partial charge on any atom is -0.382 e. The van der Waals surface area contributed by atoms with E-state index in [1.165, 1.54) is 24.9 Å². The first-order valence-electron chi connectivity index (χ1n) is 13.0. The number of hydrogen-bond donors (Lipinski definition) is 2. The maximum absolute atomic E-state index is 6.56. The highest BCUT2D eigenvalue weighted by molar-refractivity contribution is 6.34. The van der Waals surface area contributed by atoms with Gasteiger partial charge in [-0.1, -0.05) is 11.6 Å². The summed E-state index contributed by atoms with van der Waals surface area (Å²) in [6.45, 7) is 8.17. The minimum atomic E-state index is 0.406. The van der Waals surface area contributed by atoms with Gasteiger partial charge in [-0.2, -0.15) is 0 Å². The molecule has 2 aliphatic heterocycles. The molecule has 3 aromatic rings. The molecule has 188 valence electrons. The third-order valence-electron chi connectivity index (χ3n) is 7.54. The van der Waals surface area contributed by atoms with Crippen LogP contribution in [-0.4, -0.2) is 72.3 Å². The average Bonchev–Trinajstić information content (AvgIpc) is 3.32. The van der Waals surface area contributed by atoms with Crippen molar-refractivity contribution in [1.29, 1.82) is 0 Å². The van der Waals surface area contributed by atoms with Gasteiger partial charge in [-0.25, -0.2) is 9.97 Å². The Balaban J connectivity index is 1.27. The molecule has 0 unspecified atom stereocenters. The van der Waals surface area contributed by atoms with Gasteiger partial charge in [-0.15, -0.1) is 0 Å². The number of rotatable bonds is 8. The zero-order valence-corrected chi connectivity index (χ0v) is 21.7. The molecule has 0 amide bonds. The molecule has 2 saturated heterocycles. The third kappa shape index (κ3) is 5.74. The molecule has 0 bridgehead atoms. The minimum absolute atomic E-state index is 0.406. The van der Waals surface area contributed by atoms with Crippen molar-refractivity contribution in [3.63, 3.8) is 0 Å². The van der Waals surface area contributed by atoms with Crippen LogP contribution in [0.15, 0.2) is 30.5 Å². The smallest absolute Gasteiger partial charge is 0.180 e. The summed E-state index contributed by atoms with van der Waals surface area (Å²) in [5.74, 6) is 1.60. The third-order valence-corrected chi connectivity index (χ3v) is 7.82. The number of fused-ring (bicyclic) bond motifs is 1. The zero-order chi connectivity index (χ0) is 24.2. The molecule has 5 rings (SSSR count). The monoisotopic (exact) mass is 496 g/mol. The Morgan fingerprint density at radius 3 is 2.54 bits per heavy atom. The van der Waals surface area contributed by atoms with Crippen LogP contribution in [0, 0.1) is 5.92 Å². The fourth-order valence-corrected chi connectivity index (χ4v) is 5.47. The van der Waals surface area contributed by atoms with Gasteiger partial charge in [0.2, 0.25) is 0 Å². The number of nitrogens with one attached hydrogen (secondary N) is 2. The topological polar surface area (TPSA) is 69.3 Å². The number of pyridine rings is 1. The van der Waals surface area contributed by atoms with Crippen molar-refractivity contribution in [3.8, 4) is 11.4 Å². The Labute approximate surface area is 213 Å². The molecule has 1 aromatic carbocycles. The van der Waals surface area contributed by atoms with Gasteiger partial charge in [0.05, 0.1) is 16.9 Å². The Morgan fingerprint density at radius 2 is 1.83 bits per heavy atom. The van der Waals surface area contributed by atoms with E-state index in [0.717, 1.165) is 80.7 Å². The van der Waals surface area contributed by atoms with Crippen LogP contribution >= 0.6 is 11.6 Å². The quantitative estimate of drug-likeness (QED) is 0.405. The molecular formula is C27H37ClN6O. The number of halogens is 1. The van der Waals surface area contributed by atoms with E-state index in [1.807, 2.05) is 0 Å². The summed E-state index contributed by atoms with van der Waals surface area (Å²) >= 11 is 6.56. The van der Waals surface area contributed by atoms with Crippen LogP contribution in [-0.2, 0) is 4.74 Å². The van der Waals surface area contributed by atoms with Crippen molar-refractivity contribution < 1.29 is 4.74 Å². The molecule has 2 aliphatic rings. The second-order valence-corrected chi connectivity index (χ2v) is 10.4. The number of nitrogens with zero attached hydrogens (tertiary/aromatic N) is 4. The van der Waals surface area contributed by atoms with E-state index < -0.39 is 0 Å². The largest absolute Gasteiger partial charge is 0.382 e. The Hall–Kier alpha value is -2.35. The van der Waals surface area contributed by atoms with Crippen molar-refractivity contribution in [2.45, 2.75) is 45.1 Å². The highest BCUT2D eigenvalue weighted by Crippen LogP contribution is 2.33. The van der Waals surface area contributed by atoms with Gasteiger partial charge in [0.25, 0.3) is 0 Å². The van der Waals surface area contributed by atoms with Gasteiger partial charge < -0.3 is 24.8 Å². The highest BCUT2D eigenvalue weighted by Gasteiger charge is 2.21. The number of anilines is 2. The van der Waals surface area contributed by atoms with Crippen LogP contribution in [0.5, 0.6) is 0 Å². The number of aromatic nitrogens is 3. The molecule has 2 aromatic heterocycles. The molecule has 2 fully saturated rings. The zero-order valence-electron chi connectivity index (χ0n) is 20.9. The summed E-state index contributed by atoms with van der Waals surface area (Å²) in [5, 5.41) is 4.30. The van der Waals surface area contributed by atoms with Gasteiger partial charge in [-0.3, -0.25) is 0 Å². The molecule has 0 saturated carbocycles. The van der Waals surface area contributed by atoms with Crippen LogP contribution in [0.25, 0.3) is 22.6 Å². The Morgan fingerprint density at radius 1 is 1.09 bits per heavy atom. The number of piperidine rings is 2. The van der Waals surface area contributed by atoms with Crippen molar-refractivity contribution in [2.24, 2.45) is 5.92 Å². The van der Waals surface area contributed by atoms with E-state index >= 15 is 0 Å². The normalized spacial score (nSPS) is 18.4. The van der Waals surface area contributed by atoms with Crippen LogP contribution < -0.4 is 10.2 Å². The fraction of sp³-hybridized carbons (Fsp3) is 0.556. The molecule has 0 radical (unpaired) electrons. The highest BCUT2D eigenvalue weighted by atomic mass is 35.5. The summed E-state index contributed by atoms with van der Waals surface area (Å²) in [6.07, 6.45) is 7.55. The maximum atomic E-state index is 6.56. The van der Waals surface area contributed by atoms with Crippen molar-refractivity contribution in [1.82, 2.24) is 19.9 Å². The molecule has 0 atom stereocenters. The lowest BCUT2D eigenvalue weighted by atomic mass is 9.93. The number of ether oxygens (including phenoxy) is 1. The molecule has 2 N–H and O–H groups in total. The Bertz CT molecular complexity index is 1100. The second kappa shape index (κ2) is 11.1. The number of H-pyrrole nitrogens is 1. The number of hydrogen-bond acceptors (Lipinski definition) is 6. The standard InChI is InChI=1S/C27H37ClN6O/c1-3-35-17-12-19-8-15-34(16-9-19)22-6-4-20(5-7-22)26-31-25-24(23(28)18-29-27(25)32-26)30-21-10-13-33(2)14-11-21/h4-7,18-19,21H,3,8-17H2,1-2H3,(H2,29,30,31,32). The van der Waals surface area contributed by atoms with Crippen LogP contribution in [0.2, 0.25) is 5.02 Å². The molecule has 0 spiro atoms. The lowest BCUT2D eigenvalue weighted by Crippen LogP contribution is -2.36. The van der Waals surface area contributed by atoms with Gasteiger partial charge in [0.15, 0.2) is 5.65 Å². The van der Waals surface area contributed by atoms with Gasteiger partial charge in [0.1, 0.15) is 11.3 Å². The predicted molar refractivity (Wildman–Crippen MR) is 145 cm³/mol. The number of likely N-dealkylation sites (tertiary alicyclic amines) is 1. The van der Waals surface area contributed by atoms with Gasteiger partial charge in [0, 0.05) is 43.6 Å².